The Morgan fingerprint density at radius 1 is 1.26 bits per heavy atom. The van der Waals surface area contributed by atoms with Crippen LogP contribution in [-0.2, 0) is 0 Å². The molecule has 0 spiro atoms. The highest BCUT2D eigenvalue weighted by Crippen LogP contribution is 2.25. The van der Waals surface area contributed by atoms with Gasteiger partial charge in [-0.2, -0.15) is 0 Å². The van der Waals surface area contributed by atoms with Gasteiger partial charge in [-0.15, -0.1) is 0 Å². The van der Waals surface area contributed by atoms with Crippen LogP contribution in [0.25, 0.3) is 0 Å². The van der Waals surface area contributed by atoms with Crippen LogP contribution in [0.3, 0.4) is 0 Å². The number of halogens is 2. The Balaban J connectivity index is 2.13. The summed E-state index contributed by atoms with van der Waals surface area (Å²) in [6.45, 7) is 0. The molecular formula is C12H10BrClN4O. The zero-order valence-corrected chi connectivity index (χ0v) is 12.0. The second kappa shape index (κ2) is 6.01. The number of nitrogens with one attached hydrogen (secondary N) is 2. The summed E-state index contributed by atoms with van der Waals surface area (Å²) in [5.41, 5.74) is 3.96. The third-order valence-electron chi connectivity index (χ3n) is 2.34. The predicted octanol–water partition coefficient (Wildman–Crippen LogP) is 3.04. The lowest BCUT2D eigenvalue weighted by Gasteiger charge is -2.06. The van der Waals surface area contributed by atoms with Gasteiger partial charge < -0.3 is 10.7 Å². The number of nitrogens with two attached hydrogens (primary N) is 1. The molecule has 1 aromatic carbocycles. The predicted molar refractivity (Wildman–Crippen MR) is 79.2 cm³/mol. The minimum atomic E-state index is -0.318. The lowest BCUT2D eigenvalue weighted by molar-refractivity contribution is 0.102. The first-order chi connectivity index (χ1) is 9.10. The van der Waals surface area contributed by atoms with E-state index < -0.39 is 0 Å². The summed E-state index contributed by atoms with van der Waals surface area (Å²) in [6, 6.07) is 8.39. The second-order valence-corrected chi connectivity index (χ2v) is 4.92. The molecule has 0 saturated heterocycles. The Hall–Kier alpha value is -1.63. The number of carbonyl (C=O) groups excluding carboxylic acids is 1. The maximum atomic E-state index is 11.9. The number of hydrogen-bond donors (Lipinski definition) is 3. The highest BCUT2D eigenvalue weighted by molar-refractivity contribution is 9.10. The zero-order chi connectivity index (χ0) is 13.8. The third-order valence-corrected chi connectivity index (χ3v) is 3.57. The number of carbonyl (C=O) groups is 1. The van der Waals surface area contributed by atoms with E-state index in [1.807, 2.05) is 0 Å². The Morgan fingerprint density at radius 2 is 2.00 bits per heavy atom. The van der Waals surface area contributed by atoms with Gasteiger partial charge in [0.2, 0.25) is 0 Å². The van der Waals surface area contributed by atoms with Crippen molar-refractivity contribution in [3.05, 3.63) is 51.7 Å². The van der Waals surface area contributed by atoms with Crippen molar-refractivity contribution in [3.8, 4) is 0 Å². The minimum absolute atomic E-state index is 0.290. The van der Waals surface area contributed by atoms with Gasteiger partial charge >= 0.3 is 0 Å². The molecular weight excluding hydrogens is 332 g/mol. The van der Waals surface area contributed by atoms with Gasteiger partial charge in [-0.25, -0.2) is 4.98 Å². The molecule has 0 aliphatic carbocycles. The number of aromatic nitrogens is 1. The van der Waals surface area contributed by atoms with Crippen LogP contribution >= 0.6 is 27.5 Å². The van der Waals surface area contributed by atoms with Crippen molar-refractivity contribution in [2.45, 2.75) is 0 Å². The van der Waals surface area contributed by atoms with E-state index in [2.05, 4.69) is 31.7 Å². The van der Waals surface area contributed by atoms with Crippen molar-refractivity contribution in [1.29, 1.82) is 0 Å². The number of amides is 1. The van der Waals surface area contributed by atoms with Gasteiger partial charge in [-0.05, 0) is 46.3 Å². The van der Waals surface area contributed by atoms with E-state index in [1.54, 1.807) is 30.3 Å². The smallest absolute Gasteiger partial charge is 0.274 e. The van der Waals surface area contributed by atoms with Crippen molar-refractivity contribution in [2.75, 3.05) is 10.7 Å². The van der Waals surface area contributed by atoms with Gasteiger partial charge in [0.1, 0.15) is 5.69 Å². The fourth-order valence-electron chi connectivity index (χ4n) is 1.38. The number of hydrazine groups is 1. The summed E-state index contributed by atoms with van der Waals surface area (Å²) in [5.74, 6) is 4.90. The summed E-state index contributed by atoms with van der Waals surface area (Å²) in [6.07, 6.45) is 1.48. The van der Waals surface area contributed by atoms with Gasteiger partial charge in [0.15, 0.2) is 0 Å². The van der Waals surface area contributed by atoms with Crippen LogP contribution in [0.4, 0.5) is 11.4 Å². The monoisotopic (exact) mass is 340 g/mol. The Morgan fingerprint density at radius 3 is 2.58 bits per heavy atom. The maximum Gasteiger partial charge on any atom is 0.274 e. The lowest BCUT2D eigenvalue weighted by Crippen LogP contribution is -2.14. The number of benzene rings is 1. The number of nitrogens with zero attached hydrogens (tertiary/aromatic N) is 1. The highest BCUT2D eigenvalue weighted by Gasteiger charge is 2.08. The third kappa shape index (κ3) is 3.44. The van der Waals surface area contributed by atoms with Crippen LogP contribution in [0.2, 0.25) is 5.02 Å². The molecule has 0 radical (unpaired) electrons. The Labute approximate surface area is 123 Å². The van der Waals surface area contributed by atoms with Gasteiger partial charge in [-0.1, -0.05) is 11.6 Å². The van der Waals surface area contributed by atoms with Crippen LogP contribution in [0.1, 0.15) is 10.5 Å². The zero-order valence-electron chi connectivity index (χ0n) is 9.65. The second-order valence-electron chi connectivity index (χ2n) is 3.66. The standard InChI is InChI=1S/C12H10BrClN4O/c13-9-3-1-7(5-10(9)14)17-12(19)11-4-2-8(18-15)6-16-11/h1-6,18H,15H2,(H,17,19). The van der Waals surface area contributed by atoms with Crippen molar-refractivity contribution >= 4 is 44.8 Å². The molecule has 0 bridgehead atoms. The first-order valence-electron chi connectivity index (χ1n) is 5.29. The molecule has 4 N–H and O–H groups in total. The van der Waals surface area contributed by atoms with E-state index in [9.17, 15) is 4.79 Å². The maximum absolute atomic E-state index is 11.9. The molecule has 0 saturated carbocycles. The minimum Gasteiger partial charge on any atom is -0.323 e. The summed E-state index contributed by atoms with van der Waals surface area (Å²) in [7, 11) is 0. The summed E-state index contributed by atoms with van der Waals surface area (Å²) >= 11 is 9.23. The Kier molecular flexibility index (Phi) is 4.36. The molecule has 0 aliphatic rings. The molecule has 1 aromatic heterocycles. The van der Waals surface area contributed by atoms with Crippen LogP contribution in [-0.4, -0.2) is 10.9 Å². The number of nitrogen functional groups attached to an aromatic ring is 1. The van der Waals surface area contributed by atoms with Gasteiger partial charge in [0, 0.05) is 10.2 Å². The first-order valence-corrected chi connectivity index (χ1v) is 6.46. The van der Waals surface area contributed by atoms with Gasteiger partial charge in [0.05, 0.1) is 16.9 Å². The summed E-state index contributed by atoms with van der Waals surface area (Å²) in [5, 5.41) is 3.23. The van der Waals surface area contributed by atoms with E-state index in [1.165, 1.54) is 6.20 Å². The molecule has 0 fully saturated rings. The van der Waals surface area contributed by atoms with Gasteiger partial charge in [-0.3, -0.25) is 10.6 Å². The molecule has 5 nitrogen and oxygen atoms in total. The number of pyridine rings is 1. The topological polar surface area (TPSA) is 80.0 Å². The van der Waals surface area contributed by atoms with E-state index in [0.29, 0.717) is 16.4 Å². The molecule has 2 aromatic rings. The molecule has 2 rings (SSSR count). The van der Waals surface area contributed by atoms with Crippen molar-refractivity contribution < 1.29 is 4.79 Å². The summed E-state index contributed by atoms with van der Waals surface area (Å²) in [4.78, 5) is 15.9. The first kappa shape index (κ1) is 13.8. The molecule has 1 heterocycles. The molecule has 1 amide bonds. The fourth-order valence-corrected chi connectivity index (χ4v) is 1.81. The fraction of sp³-hybridized carbons (Fsp3) is 0. The molecule has 7 heteroatoms. The average molecular weight is 342 g/mol. The normalized spacial score (nSPS) is 10.1. The van der Waals surface area contributed by atoms with Crippen LogP contribution in [0.5, 0.6) is 0 Å². The van der Waals surface area contributed by atoms with Crippen molar-refractivity contribution in [1.82, 2.24) is 4.98 Å². The lowest BCUT2D eigenvalue weighted by atomic mass is 10.3. The molecule has 0 unspecified atom stereocenters. The highest BCUT2D eigenvalue weighted by atomic mass is 79.9. The van der Waals surface area contributed by atoms with Crippen LogP contribution in [0.15, 0.2) is 41.0 Å². The van der Waals surface area contributed by atoms with Crippen LogP contribution in [0, 0.1) is 0 Å². The van der Waals surface area contributed by atoms with E-state index in [0.717, 1.165) is 4.47 Å². The summed E-state index contributed by atoms with van der Waals surface area (Å²) < 4.78 is 0.767. The molecule has 19 heavy (non-hydrogen) atoms. The van der Waals surface area contributed by atoms with Crippen molar-refractivity contribution in [2.24, 2.45) is 5.84 Å². The average Bonchev–Trinajstić information content (AvgIpc) is 2.43. The SMILES string of the molecule is NNc1ccc(C(=O)Nc2ccc(Br)c(Cl)c2)nc1. The largest absolute Gasteiger partial charge is 0.323 e. The molecule has 98 valence electrons. The van der Waals surface area contributed by atoms with Crippen LogP contribution < -0.4 is 16.6 Å². The van der Waals surface area contributed by atoms with E-state index >= 15 is 0 Å². The number of rotatable bonds is 3. The van der Waals surface area contributed by atoms with Crippen molar-refractivity contribution in [3.63, 3.8) is 0 Å². The van der Waals surface area contributed by atoms with E-state index in [4.69, 9.17) is 17.4 Å². The van der Waals surface area contributed by atoms with E-state index in [-0.39, 0.29) is 11.6 Å². The van der Waals surface area contributed by atoms with Gasteiger partial charge in [0.25, 0.3) is 5.91 Å². The molecule has 0 atom stereocenters. The number of anilines is 2. The quantitative estimate of drug-likeness (QED) is 0.592. The Bertz CT molecular complexity index is 603. The number of hydrogen-bond acceptors (Lipinski definition) is 4. The molecule has 0 aliphatic heterocycles.